The second-order valence-corrected chi connectivity index (χ2v) is 12.1. The van der Waals surface area contributed by atoms with Crippen molar-refractivity contribution in [3.8, 4) is 16.9 Å². The van der Waals surface area contributed by atoms with Crippen molar-refractivity contribution in [2.75, 3.05) is 13.3 Å². The molecule has 0 aliphatic rings. The maximum absolute atomic E-state index is 13.5. The number of rotatable bonds is 11. The molecule has 0 aliphatic heterocycles. The van der Waals surface area contributed by atoms with E-state index in [9.17, 15) is 36.4 Å². The highest BCUT2D eigenvalue weighted by Gasteiger charge is 2.36. The van der Waals surface area contributed by atoms with Crippen LogP contribution in [0.4, 0.5) is 13.2 Å². The topological polar surface area (TPSA) is 158 Å². The first kappa shape index (κ1) is 33.8. The Morgan fingerprint density at radius 1 is 1.09 bits per heavy atom. The molecule has 13 nitrogen and oxygen atoms in total. The van der Waals surface area contributed by atoms with Crippen molar-refractivity contribution in [3.05, 3.63) is 71.1 Å². The van der Waals surface area contributed by atoms with Gasteiger partial charge in [-0.15, -0.1) is 5.01 Å². The number of carbonyl (C=O) groups is 2. The van der Waals surface area contributed by atoms with E-state index in [0.29, 0.717) is 5.56 Å². The summed E-state index contributed by atoms with van der Waals surface area (Å²) in [5.41, 5.74) is -0.550. The summed E-state index contributed by atoms with van der Waals surface area (Å²) >= 11 is 0. The van der Waals surface area contributed by atoms with Gasteiger partial charge in [-0.1, -0.05) is 36.8 Å². The van der Waals surface area contributed by atoms with Gasteiger partial charge in [-0.05, 0) is 58.0 Å². The lowest BCUT2D eigenvalue weighted by Crippen LogP contribution is -2.51. The average molecular weight is 641 g/mol. The normalized spacial score (nSPS) is 12.5. The van der Waals surface area contributed by atoms with Crippen LogP contribution >= 0.6 is 0 Å². The highest BCUT2D eigenvalue weighted by molar-refractivity contribution is 7.90. The van der Waals surface area contributed by atoms with E-state index in [4.69, 9.17) is 0 Å². The van der Waals surface area contributed by atoms with Crippen LogP contribution in [-0.2, 0) is 35.4 Å². The molecular formula is C27H31F3N6O7S. The van der Waals surface area contributed by atoms with Gasteiger partial charge in [-0.3, -0.25) is 9.59 Å². The Morgan fingerprint density at radius 3 is 2.25 bits per heavy atom. The molecule has 44 heavy (non-hydrogen) atoms. The van der Waals surface area contributed by atoms with E-state index in [1.165, 1.54) is 12.1 Å². The number of hydrazine groups is 1. The van der Waals surface area contributed by atoms with Gasteiger partial charge in [0.15, 0.2) is 12.2 Å². The van der Waals surface area contributed by atoms with Crippen LogP contribution in [0.2, 0.25) is 0 Å². The number of hydrogen-bond donors (Lipinski definition) is 1. The zero-order chi connectivity index (χ0) is 32.9. The van der Waals surface area contributed by atoms with Crippen LogP contribution in [0.1, 0.15) is 45.4 Å². The molecule has 0 saturated carbocycles. The van der Waals surface area contributed by atoms with Gasteiger partial charge in [0.25, 0.3) is 22.7 Å². The van der Waals surface area contributed by atoms with Crippen molar-refractivity contribution in [2.45, 2.75) is 57.7 Å². The monoisotopic (exact) mass is 640 g/mol. The van der Waals surface area contributed by atoms with E-state index in [-0.39, 0.29) is 27.7 Å². The maximum Gasteiger partial charge on any atom is 0.435 e. The number of benzene rings is 2. The zero-order valence-corrected chi connectivity index (χ0v) is 25.3. The number of amides is 1. The second kappa shape index (κ2) is 13.3. The molecule has 2 aromatic carbocycles. The third-order valence-corrected chi connectivity index (χ3v) is 7.34. The van der Waals surface area contributed by atoms with Crippen molar-refractivity contribution < 1.29 is 45.7 Å². The molecule has 0 bridgehead atoms. The van der Waals surface area contributed by atoms with Gasteiger partial charge in [-0.2, -0.15) is 18.3 Å². The molecule has 17 heteroatoms. The summed E-state index contributed by atoms with van der Waals surface area (Å²) in [6, 6.07) is 12.3. The number of nitrogens with zero attached hydrogens (tertiary/aromatic N) is 5. The van der Waals surface area contributed by atoms with E-state index >= 15 is 0 Å². The highest BCUT2D eigenvalue weighted by atomic mass is 32.2. The molecule has 0 spiro atoms. The molecule has 3 aromatic rings. The maximum atomic E-state index is 13.5. The van der Waals surface area contributed by atoms with Gasteiger partial charge in [0.2, 0.25) is 5.28 Å². The Labute approximate surface area is 251 Å². The molecule has 0 radical (unpaired) electrons. The Balaban J connectivity index is 1.80. The third kappa shape index (κ3) is 8.68. The van der Waals surface area contributed by atoms with Gasteiger partial charge in [0.05, 0.1) is 26.8 Å². The molecule has 0 aliphatic carbocycles. The van der Waals surface area contributed by atoms with Gasteiger partial charge in [-0.25, -0.2) is 17.8 Å². The van der Waals surface area contributed by atoms with Crippen molar-refractivity contribution in [3.63, 3.8) is 0 Å². The summed E-state index contributed by atoms with van der Waals surface area (Å²) in [5, 5.41) is 20.2. The quantitative estimate of drug-likeness (QED) is 0.0796. The summed E-state index contributed by atoms with van der Waals surface area (Å²) in [4.78, 5) is 28.0. The van der Waals surface area contributed by atoms with E-state index < -0.39 is 52.6 Å². The van der Waals surface area contributed by atoms with Crippen LogP contribution < -0.4 is 4.72 Å². The smallest absolute Gasteiger partial charge is 0.435 e. The SMILES string of the molecule is CCC(=O)OCO/N=[N+](\[O-])N(CC(=O)NS(=O)(=O)c1ccc(-n2nc(C(F)(F)F)cc2-c2ccc(C)cc2)cc1)C(C)(C)C. The molecule has 1 aromatic heterocycles. The van der Waals surface area contributed by atoms with Crippen LogP contribution in [0.5, 0.6) is 0 Å². The fourth-order valence-electron chi connectivity index (χ4n) is 3.66. The van der Waals surface area contributed by atoms with Gasteiger partial charge in [0, 0.05) is 12.0 Å². The lowest BCUT2D eigenvalue weighted by Gasteiger charge is -2.29. The molecule has 3 rings (SSSR count). The van der Waals surface area contributed by atoms with Crippen molar-refractivity contribution in [1.82, 2.24) is 19.5 Å². The lowest BCUT2D eigenvalue weighted by molar-refractivity contribution is -0.723. The lowest BCUT2D eigenvalue weighted by atomic mass is 10.1. The fraction of sp³-hybridized carbons (Fsp3) is 0.370. The van der Waals surface area contributed by atoms with Crippen molar-refractivity contribution >= 4 is 21.9 Å². The molecule has 1 N–H and O–H groups in total. The molecule has 0 fully saturated rings. The second-order valence-electron chi connectivity index (χ2n) is 10.4. The number of carbonyl (C=O) groups excluding carboxylic acids is 2. The van der Waals surface area contributed by atoms with E-state index in [2.05, 4.69) is 20.0 Å². The van der Waals surface area contributed by atoms with Crippen LogP contribution in [0.3, 0.4) is 0 Å². The summed E-state index contributed by atoms with van der Waals surface area (Å²) < 4.78 is 73.9. The van der Waals surface area contributed by atoms with E-state index in [1.807, 2.05) is 11.6 Å². The number of ether oxygens (including phenoxy) is 1. The summed E-state index contributed by atoms with van der Waals surface area (Å²) in [5.74, 6) is -1.69. The number of sulfonamides is 1. The molecule has 0 unspecified atom stereocenters. The number of alkyl halides is 3. The number of nitrogens with one attached hydrogen (secondary N) is 1. The third-order valence-electron chi connectivity index (χ3n) is 5.95. The first-order valence-electron chi connectivity index (χ1n) is 13.1. The molecule has 0 atom stereocenters. The van der Waals surface area contributed by atoms with Gasteiger partial charge in [0.1, 0.15) is 0 Å². The molecule has 1 amide bonds. The predicted molar refractivity (Wildman–Crippen MR) is 149 cm³/mol. The number of hydrogen-bond acceptors (Lipinski definition) is 9. The summed E-state index contributed by atoms with van der Waals surface area (Å²) in [7, 11) is -4.47. The highest BCUT2D eigenvalue weighted by Crippen LogP contribution is 2.33. The number of esters is 1. The number of aryl methyl sites for hydroxylation is 1. The number of halogens is 3. The molecular weight excluding hydrogens is 609 g/mol. The van der Waals surface area contributed by atoms with Crippen molar-refractivity contribution in [1.29, 1.82) is 0 Å². The van der Waals surface area contributed by atoms with Crippen molar-refractivity contribution in [2.24, 2.45) is 5.28 Å². The van der Waals surface area contributed by atoms with Crippen LogP contribution in [0, 0.1) is 12.1 Å². The Kier molecular flexibility index (Phi) is 10.2. The van der Waals surface area contributed by atoms with Crippen LogP contribution in [0.25, 0.3) is 16.9 Å². The minimum absolute atomic E-state index is 0.0760. The average Bonchev–Trinajstić information content (AvgIpc) is 3.40. The first-order chi connectivity index (χ1) is 20.4. The fourth-order valence-corrected chi connectivity index (χ4v) is 4.63. The summed E-state index contributed by atoms with van der Waals surface area (Å²) in [6.45, 7) is 6.62. The van der Waals surface area contributed by atoms with Gasteiger partial charge < -0.3 is 14.8 Å². The van der Waals surface area contributed by atoms with Crippen LogP contribution in [0.15, 0.2) is 64.8 Å². The minimum atomic E-state index is -4.72. The van der Waals surface area contributed by atoms with E-state index in [1.54, 1.807) is 52.0 Å². The summed E-state index contributed by atoms with van der Waals surface area (Å²) in [6.07, 6.45) is -4.65. The largest absolute Gasteiger partial charge is 0.569 e. The predicted octanol–water partition coefficient (Wildman–Crippen LogP) is 4.49. The van der Waals surface area contributed by atoms with Gasteiger partial charge >= 0.3 is 12.1 Å². The standard InChI is InChI=1S/C27H31F3N6O7S/c1-6-25(38)42-17-43-33-36(39)34(26(3,4)5)16-24(37)32-44(40,41)21-13-11-20(12-14-21)35-22(15-23(31-35)27(28,29)30)19-9-7-18(2)8-10-19/h7-15H,6,16-17H2,1-5H3,(H,32,37)/b36-33-. The van der Waals surface area contributed by atoms with Crippen LogP contribution in [-0.4, -0.2) is 58.9 Å². The molecule has 238 valence electrons. The van der Waals surface area contributed by atoms with E-state index in [0.717, 1.165) is 33.5 Å². The minimum Gasteiger partial charge on any atom is -0.569 e. The molecule has 1 heterocycles. The molecule has 0 saturated heterocycles. The Morgan fingerprint density at radius 2 is 1.70 bits per heavy atom. The Hall–Kier alpha value is -4.67. The first-order valence-corrected chi connectivity index (χ1v) is 14.5. The Bertz CT molecular complexity index is 1620. The number of aromatic nitrogens is 2. The zero-order valence-electron chi connectivity index (χ0n) is 24.5.